The summed E-state index contributed by atoms with van der Waals surface area (Å²) in [6.45, 7) is 4.09. The summed E-state index contributed by atoms with van der Waals surface area (Å²) in [5.41, 5.74) is 5.34. The lowest BCUT2D eigenvalue weighted by Crippen LogP contribution is -2.46. The molecule has 4 heteroatoms. The van der Waals surface area contributed by atoms with Crippen molar-refractivity contribution >= 4 is 17.5 Å². The van der Waals surface area contributed by atoms with Gasteiger partial charge in [-0.2, -0.15) is 0 Å². The van der Waals surface area contributed by atoms with Crippen LogP contribution in [-0.4, -0.2) is 35.8 Å². The second kappa shape index (κ2) is 6.33. The van der Waals surface area contributed by atoms with Gasteiger partial charge < -0.3 is 5.73 Å². The molecule has 1 saturated heterocycles. The van der Waals surface area contributed by atoms with Gasteiger partial charge in [-0.25, -0.2) is 0 Å². The zero-order valence-corrected chi connectivity index (χ0v) is 10.2. The molecule has 0 spiro atoms. The minimum Gasteiger partial charge on any atom is -0.369 e. The highest BCUT2D eigenvalue weighted by Crippen LogP contribution is 2.21. The molecule has 0 radical (unpaired) electrons. The van der Waals surface area contributed by atoms with Gasteiger partial charge in [0.15, 0.2) is 0 Å². The van der Waals surface area contributed by atoms with Crippen LogP contribution in [0.2, 0.25) is 0 Å². The molecular formula is C11H21ClN2O. The summed E-state index contributed by atoms with van der Waals surface area (Å²) in [6, 6.07) is 0.580. The molecule has 2 unspecified atom stereocenters. The highest BCUT2D eigenvalue weighted by Gasteiger charge is 2.27. The van der Waals surface area contributed by atoms with Crippen molar-refractivity contribution in [2.75, 3.05) is 19.0 Å². The first kappa shape index (κ1) is 12.8. The lowest BCUT2D eigenvalue weighted by atomic mass is 9.93. The highest BCUT2D eigenvalue weighted by atomic mass is 35.5. The van der Waals surface area contributed by atoms with E-state index in [1.165, 1.54) is 0 Å². The van der Waals surface area contributed by atoms with E-state index in [9.17, 15) is 4.79 Å². The number of nitrogens with zero attached hydrogens (tertiary/aromatic N) is 1. The van der Waals surface area contributed by atoms with Crippen LogP contribution < -0.4 is 5.73 Å². The zero-order valence-electron chi connectivity index (χ0n) is 9.42. The molecule has 2 atom stereocenters. The molecule has 0 aromatic carbocycles. The topological polar surface area (TPSA) is 46.3 Å². The van der Waals surface area contributed by atoms with E-state index in [1.54, 1.807) is 0 Å². The summed E-state index contributed by atoms with van der Waals surface area (Å²) in [5.74, 6) is 0.628. The van der Waals surface area contributed by atoms with E-state index in [-0.39, 0.29) is 11.8 Å². The Kier molecular flexibility index (Phi) is 5.40. The Bertz CT molecular complexity index is 211. The number of carbonyl (C=O) groups is 1. The Balaban J connectivity index is 2.36. The van der Waals surface area contributed by atoms with Gasteiger partial charge in [0.2, 0.25) is 5.91 Å². The molecular weight excluding hydrogens is 212 g/mol. The number of amides is 1. The van der Waals surface area contributed by atoms with Crippen LogP contribution in [0.1, 0.15) is 32.6 Å². The first-order chi connectivity index (χ1) is 7.15. The minimum absolute atomic E-state index is 0.0530. The minimum atomic E-state index is -0.149. The lowest BCUT2D eigenvalue weighted by molar-refractivity contribution is -0.123. The Morgan fingerprint density at radius 1 is 1.47 bits per heavy atom. The van der Waals surface area contributed by atoms with Crippen LogP contribution in [-0.2, 0) is 4.79 Å². The molecule has 0 aromatic rings. The monoisotopic (exact) mass is 232 g/mol. The predicted molar refractivity (Wildman–Crippen MR) is 62.9 cm³/mol. The number of halogens is 1. The van der Waals surface area contributed by atoms with Gasteiger partial charge in [-0.3, -0.25) is 9.69 Å². The molecule has 1 heterocycles. The molecule has 0 aromatic heterocycles. The Hall–Kier alpha value is -0.280. The van der Waals surface area contributed by atoms with E-state index in [0.717, 1.165) is 44.7 Å². The van der Waals surface area contributed by atoms with Gasteiger partial charge in [-0.1, -0.05) is 0 Å². The molecule has 1 rings (SSSR count). The van der Waals surface area contributed by atoms with Crippen molar-refractivity contribution in [1.82, 2.24) is 4.90 Å². The third-order valence-corrected chi connectivity index (χ3v) is 3.51. The van der Waals surface area contributed by atoms with Crippen LogP contribution in [0.25, 0.3) is 0 Å². The van der Waals surface area contributed by atoms with E-state index in [2.05, 4.69) is 11.8 Å². The van der Waals surface area contributed by atoms with Crippen molar-refractivity contribution in [3.63, 3.8) is 0 Å². The van der Waals surface area contributed by atoms with Gasteiger partial charge in [0.05, 0.1) is 5.92 Å². The fourth-order valence-corrected chi connectivity index (χ4v) is 2.32. The maximum atomic E-state index is 11.1. The second-order valence-electron chi connectivity index (χ2n) is 4.42. The van der Waals surface area contributed by atoms with Crippen molar-refractivity contribution in [3.8, 4) is 0 Å². The van der Waals surface area contributed by atoms with Crippen LogP contribution in [0.15, 0.2) is 0 Å². The SMILES string of the molecule is CC1CCC(C(N)=O)CN1CCCCCl. The summed E-state index contributed by atoms with van der Waals surface area (Å²) >= 11 is 5.64. The maximum absolute atomic E-state index is 11.1. The number of hydrogen-bond donors (Lipinski definition) is 1. The number of carbonyl (C=O) groups excluding carboxylic acids is 1. The molecule has 1 aliphatic rings. The molecule has 1 fully saturated rings. The van der Waals surface area contributed by atoms with Gasteiger partial charge in [0, 0.05) is 18.5 Å². The molecule has 88 valence electrons. The van der Waals surface area contributed by atoms with Crippen LogP contribution in [0.4, 0.5) is 0 Å². The van der Waals surface area contributed by atoms with E-state index in [1.807, 2.05) is 0 Å². The van der Waals surface area contributed by atoms with Crippen molar-refractivity contribution in [2.24, 2.45) is 11.7 Å². The average molecular weight is 233 g/mol. The quantitative estimate of drug-likeness (QED) is 0.578. The highest BCUT2D eigenvalue weighted by molar-refractivity contribution is 6.17. The standard InChI is InChI=1S/C11H21ClN2O/c1-9-4-5-10(11(13)15)8-14(9)7-3-2-6-12/h9-10H,2-8H2,1H3,(H2,13,15). The average Bonchev–Trinajstić information content (AvgIpc) is 2.20. The normalized spacial score (nSPS) is 27.9. The number of primary amides is 1. The third kappa shape index (κ3) is 3.99. The van der Waals surface area contributed by atoms with Crippen molar-refractivity contribution in [3.05, 3.63) is 0 Å². The van der Waals surface area contributed by atoms with E-state index >= 15 is 0 Å². The molecule has 0 bridgehead atoms. The number of hydrogen-bond acceptors (Lipinski definition) is 2. The molecule has 0 saturated carbocycles. The Labute approximate surface area is 96.9 Å². The van der Waals surface area contributed by atoms with Crippen molar-refractivity contribution < 1.29 is 4.79 Å². The predicted octanol–water partition coefficient (Wildman–Crippen LogP) is 1.59. The fourth-order valence-electron chi connectivity index (χ4n) is 2.13. The number of nitrogens with two attached hydrogens (primary N) is 1. The Morgan fingerprint density at radius 3 is 2.80 bits per heavy atom. The molecule has 0 aliphatic carbocycles. The van der Waals surface area contributed by atoms with Crippen LogP contribution in [0.3, 0.4) is 0 Å². The summed E-state index contributed by atoms with van der Waals surface area (Å²) in [7, 11) is 0. The smallest absolute Gasteiger partial charge is 0.221 e. The number of alkyl halides is 1. The molecule has 3 nitrogen and oxygen atoms in total. The Morgan fingerprint density at radius 2 is 2.20 bits per heavy atom. The van der Waals surface area contributed by atoms with E-state index in [4.69, 9.17) is 17.3 Å². The van der Waals surface area contributed by atoms with Crippen LogP contribution in [0, 0.1) is 5.92 Å². The largest absolute Gasteiger partial charge is 0.369 e. The van der Waals surface area contributed by atoms with Gasteiger partial charge in [-0.05, 0) is 39.2 Å². The summed E-state index contributed by atoms with van der Waals surface area (Å²) < 4.78 is 0. The second-order valence-corrected chi connectivity index (χ2v) is 4.79. The number of piperidine rings is 1. The lowest BCUT2D eigenvalue weighted by Gasteiger charge is -2.36. The summed E-state index contributed by atoms with van der Waals surface area (Å²) in [5, 5.41) is 0. The van der Waals surface area contributed by atoms with E-state index in [0.29, 0.717) is 6.04 Å². The molecule has 1 amide bonds. The number of unbranched alkanes of at least 4 members (excludes halogenated alkanes) is 1. The molecule has 1 aliphatic heterocycles. The summed E-state index contributed by atoms with van der Waals surface area (Å²) in [4.78, 5) is 13.5. The maximum Gasteiger partial charge on any atom is 0.221 e. The van der Waals surface area contributed by atoms with Crippen molar-refractivity contribution in [2.45, 2.75) is 38.6 Å². The van der Waals surface area contributed by atoms with Crippen LogP contribution >= 0.6 is 11.6 Å². The number of rotatable bonds is 5. The number of likely N-dealkylation sites (tertiary alicyclic amines) is 1. The summed E-state index contributed by atoms with van der Waals surface area (Å²) in [6.07, 6.45) is 4.18. The molecule has 15 heavy (non-hydrogen) atoms. The van der Waals surface area contributed by atoms with Gasteiger partial charge in [0.1, 0.15) is 0 Å². The zero-order chi connectivity index (χ0) is 11.3. The molecule has 2 N–H and O–H groups in total. The fraction of sp³-hybridized carbons (Fsp3) is 0.909. The first-order valence-electron chi connectivity index (χ1n) is 5.74. The third-order valence-electron chi connectivity index (χ3n) is 3.24. The van der Waals surface area contributed by atoms with Crippen LogP contribution in [0.5, 0.6) is 0 Å². The van der Waals surface area contributed by atoms with Gasteiger partial charge in [-0.15, -0.1) is 11.6 Å². The first-order valence-corrected chi connectivity index (χ1v) is 6.28. The van der Waals surface area contributed by atoms with Gasteiger partial charge >= 0.3 is 0 Å². The van der Waals surface area contributed by atoms with Crippen molar-refractivity contribution in [1.29, 1.82) is 0 Å². The van der Waals surface area contributed by atoms with Gasteiger partial charge in [0.25, 0.3) is 0 Å². The van der Waals surface area contributed by atoms with E-state index < -0.39 is 0 Å².